The third-order valence-electron chi connectivity index (χ3n) is 6.90. The number of benzene rings is 1. The molecule has 0 spiro atoms. The van der Waals surface area contributed by atoms with Gasteiger partial charge in [0.1, 0.15) is 0 Å². The summed E-state index contributed by atoms with van der Waals surface area (Å²) < 4.78 is 48.9. The van der Waals surface area contributed by atoms with Crippen LogP contribution in [0, 0.1) is 35.3 Å². The zero-order chi connectivity index (χ0) is 25.3. The van der Waals surface area contributed by atoms with E-state index < -0.39 is 11.6 Å². The minimum Gasteiger partial charge on any atom is -0.490 e. The Morgan fingerprint density at radius 2 is 1.50 bits per heavy atom. The third-order valence-corrected chi connectivity index (χ3v) is 6.90. The molecule has 34 heavy (non-hydrogen) atoms. The van der Waals surface area contributed by atoms with Crippen molar-refractivity contribution < 1.29 is 22.6 Å². The van der Waals surface area contributed by atoms with Gasteiger partial charge >= 0.3 is 0 Å². The molecule has 0 N–H and O–H groups in total. The lowest BCUT2D eigenvalue weighted by molar-refractivity contribution is 0.0739. The second-order valence-electron chi connectivity index (χ2n) is 9.67. The summed E-state index contributed by atoms with van der Waals surface area (Å²) in [5.74, 6) is 1.43. The van der Waals surface area contributed by atoms with Crippen LogP contribution in [0.1, 0.15) is 84.1 Å². The van der Waals surface area contributed by atoms with Crippen molar-refractivity contribution in [1.82, 2.24) is 0 Å². The predicted molar refractivity (Wildman–Crippen MR) is 136 cm³/mol. The Kier molecular flexibility index (Phi) is 16.1. The molecule has 1 aromatic carbocycles. The van der Waals surface area contributed by atoms with Crippen molar-refractivity contribution in [2.75, 3.05) is 27.5 Å². The van der Waals surface area contributed by atoms with Gasteiger partial charge in [-0.1, -0.05) is 64.7 Å². The fraction of sp³-hybridized carbons (Fsp3) is 0.724. The van der Waals surface area contributed by atoms with Crippen LogP contribution in [-0.2, 0) is 11.2 Å². The largest absolute Gasteiger partial charge is 0.490 e. The van der Waals surface area contributed by atoms with E-state index in [0.717, 1.165) is 24.2 Å². The summed E-state index contributed by atoms with van der Waals surface area (Å²) in [4.78, 5) is 0. The van der Waals surface area contributed by atoms with E-state index in [1.54, 1.807) is 31.4 Å². The average Bonchev–Trinajstić information content (AvgIpc) is 2.85. The Morgan fingerprint density at radius 1 is 0.882 bits per heavy atom. The first-order valence-corrected chi connectivity index (χ1v) is 13.1. The maximum atomic E-state index is 14.4. The van der Waals surface area contributed by atoms with Crippen molar-refractivity contribution in [3.8, 4) is 5.75 Å². The number of allylic oxidation sites excluding steroid dienone is 1. The molecule has 4 unspecified atom stereocenters. The second-order valence-corrected chi connectivity index (χ2v) is 9.67. The van der Waals surface area contributed by atoms with Gasteiger partial charge < -0.3 is 9.47 Å². The molecule has 0 aliphatic heterocycles. The highest BCUT2D eigenvalue weighted by molar-refractivity contribution is 5.32. The Balaban J connectivity index is 0.00000107. The number of fused-ring (bicyclic) bond motifs is 1. The number of methoxy groups -OCH3 is 1. The van der Waals surface area contributed by atoms with Crippen LogP contribution in [0.4, 0.5) is 13.2 Å². The summed E-state index contributed by atoms with van der Waals surface area (Å²) in [5, 5.41) is 0. The Labute approximate surface area is 206 Å². The van der Waals surface area contributed by atoms with Crippen LogP contribution in [0.25, 0.3) is 0 Å². The number of hydrogen-bond donors (Lipinski definition) is 0. The molecule has 196 valence electrons. The van der Waals surface area contributed by atoms with E-state index in [1.807, 2.05) is 0 Å². The molecule has 4 atom stereocenters. The Morgan fingerprint density at radius 3 is 2.12 bits per heavy atom. The second kappa shape index (κ2) is 17.9. The lowest BCUT2D eigenvalue weighted by Gasteiger charge is -2.42. The topological polar surface area (TPSA) is 18.5 Å². The molecule has 2 aliphatic carbocycles. The minimum atomic E-state index is -0.864. The number of alkyl halides is 1. The normalized spacial score (nSPS) is 23.9. The average molecular weight is 485 g/mol. The van der Waals surface area contributed by atoms with E-state index in [1.165, 1.54) is 51.4 Å². The van der Waals surface area contributed by atoms with Crippen LogP contribution >= 0.6 is 0 Å². The number of ether oxygens (including phenoxy) is 2. The minimum absolute atomic E-state index is 0.0425. The van der Waals surface area contributed by atoms with Crippen molar-refractivity contribution in [3.63, 3.8) is 0 Å². The zero-order valence-electron chi connectivity index (χ0n) is 22.1. The van der Waals surface area contributed by atoms with Gasteiger partial charge in [-0.25, -0.2) is 4.39 Å². The van der Waals surface area contributed by atoms with Gasteiger partial charge in [0.25, 0.3) is 0 Å². The number of hydrogen-bond acceptors (Lipinski definition) is 2. The highest BCUT2D eigenvalue weighted by atomic mass is 19.2. The van der Waals surface area contributed by atoms with Crippen LogP contribution in [0.15, 0.2) is 24.3 Å². The molecule has 5 heteroatoms. The lowest BCUT2D eigenvalue weighted by atomic mass is 9.64. The van der Waals surface area contributed by atoms with E-state index in [9.17, 15) is 13.2 Å². The lowest BCUT2D eigenvalue weighted by Crippen LogP contribution is -2.33. The van der Waals surface area contributed by atoms with Crippen molar-refractivity contribution in [1.29, 1.82) is 0 Å². The maximum absolute atomic E-state index is 14.4. The molecule has 0 bridgehead atoms. The molecule has 2 saturated carbocycles. The molecule has 1 aromatic rings. The number of halogens is 3. The molecule has 2 nitrogen and oxygen atoms in total. The summed E-state index contributed by atoms with van der Waals surface area (Å²) in [5.41, 5.74) is 0.339. The van der Waals surface area contributed by atoms with E-state index in [4.69, 9.17) is 9.47 Å². The van der Waals surface area contributed by atoms with Crippen LogP contribution in [0.5, 0.6) is 5.75 Å². The SMILES string of the molecule is CCC.CCCC1CCC2CC(COc3ccc(C/C=C\COC)c(F)c3F)CCC2C1.CF. The Hall–Kier alpha value is -1.49. The van der Waals surface area contributed by atoms with Crippen LogP contribution < -0.4 is 4.74 Å². The molecular formula is C29H47F3O2. The van der Waals surface area contributed by atoms with Crippen LogP contribution in [-0.4, -0.2) is 27.5 Å². The van der Waals surface area contributed by atoms with Gasteiger partial charge in [0.05, 0.1) is 20.4 Å². The first-order chi connectivity index (χ1) is 16.5. The standard InChI is InChI=1S/C25H36F2O2.C3H8.CH3F/c1-3-6-18-8-10-22-16-19(9-11-21(22)15-18)17-29-23-13-12-20(24(26)25(23)27)7-4-5-14-28-2;1-3-2;1-2/h4-5,12-13,18-19,21-22H,3,6-11,14-17H2,1-2H3;3H2,1-2H3;1H3/b5-4-;;. The van der Waals surface area contributed by atoms with Crippen molar-refractivity contribution in [3.05, 3.63) is 41.5 Å². The molecule has 2 aliphatic rings. The Bertz CT molecular complexity index is 692. The summed E-state index contributed by atoms with van der Waals surface area (Å²) in [6.45, 7) is 7.49. The van der Waals surface area contributed by atoms with E-state index in [-0.39, 0.29) is 5.75 Å². The van der Waals surface area contributed by atoms with E-state index in [2.05, 4.69) is 20.8 Å². The zero-order valence-corrected chi connectivity index (χ0v) is 22.1. The van der Waals surface area contributed by atoms with E-state index >= 15 is 0 Å². The first kappa shape index (κ1) is 30.5. The highest BCUT2D eigenvalue weighted by Crippen LogP contribution is 2.45. The fourth-order valence-corrected chi connectivity index (χ4v) is 5.33. The van der Waals surface area contributed by atoms with Gasteiger partial charge in [-0.15, -0.1) is 0 Å². The summed E-state index contributed by atoms with van der Waals surface area (Å²) in [7, 11) is 2.10. The van der Waals surface area contributed by atoms with Gasteiger partial charge in [-0.3, -0.25) is 4.39 Å². The third kappa shape index (κ3) is 10.0. The molecule has 0 saturated heterocycles. The summed E-state index contributed by atoms with van der Waals surface area (Å²) in [6, 6.07) is 3.19. The molecule has 0 aromatic heterocycles. The monoisotopic (exact) mass is 484 g/mol. The van der Waals surface area contributed by atoms with Gasteiger partial charge in [0, 0.05) is 7.11 Å². The first-order valence-electron chi connectivity index (χ1n) is 13.1. The predicted octanol–water partition coefficient (Wildman–Crippen LogP) is 8.72. The van der Waals surface area contributed by atoms with Crippen molar-refractivity contribution in [2.24, 2.45) is 23.7 Å². The molecule has 3 rings (SSSR count). The quantitative estimate of drug-likeness (QED) is 0.326. The maximum Gasteiger partial charge on any atom is 0.200 e. The van der Waals surface area contributed by atoms with Gasteiger partial charge in [-0.05, 0) is 73.8 Å². The van der Waals surface area contributed by atoms with Gasteiger partial charge in [0.15, 0.2) is 11.6 Å². The molecule has 0 amide bonds. The number of rotatable bonds is 9. The van der Waals surface area contributed by atoms with Crippen LogP contribution in [0.2, 0.25) is 0 Å². The molecule has 0 radical (unpaired) electrons. The highest BCUT2D eigenvalue weighted by Gasteiger charge is 2.35. The fourth-order valence-electron chi connectivity index (χ4n) is 5.33. The molecular weight excluding hydrogens is 437 g/mol. The van der Waals surface area contributed by atoms with Crippen molar-refractivity contribution in [2.45, 2.75) is 85.0 Å². The van der Waals surface area contributed by atoms with Crippen molar-refractivity contribution >= 4 is 0 Å². The molecule has 0 heterocycles. The van der Waals surface area contributed by atoms with Gasteiger partial charge in [0.2, 0.25) is 5.82 Å². The summed E-state index contributed by atoms with van der Waals surface area (Å²) >= 11 is 0. The van der Waals surface area contributed by atoms with Gasteiger partial charge in [-0.2, -0.15) is 4.39 Å². The van der Waals surface area contributed by atoms with E-state index in [0.29, 0.717) is 38.3 Å². The summed E-state index contributed by atoms with van der Waals surface area (Å²) in [6.07, 6.45) is 15.5. The smallest absolute Gasteiger partial charge is 0.200 e. The van der Waals surface area contributed by atoms with Crippen LogP contribution in [0.3, 0.4) is 0 Å². The molecule has 2 fully saturated rings.